The third-order valence-corrected chi connectivity index (χ3v) is 8.26. The molecule has 0 amide bonds. The Morgan fingerprint density at radius 2 is 2.13 bits per heavy atom. The summed E-state index contributed by atoms with van der Waals surface area (Å²) in [5.41, 5.74) is 0.530. The number of fused-ring (bicyclic) bond motifs is 3. The van der Waals surface area contributed by atoms with Gasteiger partial charge in [-0.2, -0.15) is 0 Å². The summed E-state index contributed by atoms with van der Waals surface area (Å²) in [7, 11) is -1.85. The van der Waals surface area contributed by atoms with E-state index in [1.165, 1.54) is 7.11 Å². The lowest BCUT2D eigenvalue weighted by Gasteiger charge is -2.40. The Kier molecular flexibility index (Phi) is 5.11. The van der Waals surface area contributed by atoms with Gasteiger partial charge in [0.15, 0.2) is 9.84 Å². The Balaban J connectivity index is 1.82. The number of nitrogens with zero attached hydrogens (tertiary/aromatic N) is 1. The minimum absolute atomic E-state index is 0.0451. The Labute approximate surface area is 178 Å². The number of rotatable bonds is 3. The van der Waals surface area contributed by atoms with Crippen LogP contribution in [0.15, 0.2) is 15.3 Å². The van der Waals surface area contributed by atoms with E-state index in [4.69, 9.17) is 20.8 Å². The molecule has 0 unspecified atom stereocenters. The summed E-state index contributed by atoms with van der Waals surface area (Å²) in [4.78, 5) is 26.3. The molecular formula is C20H22ClNO7S. The molecule has 1 saturated heterocycles. The van der Waals surface area contributed by atoms with Crippen molar-refractivity contribution in [2.45, 2.75) is 38.8 Å². The molecule has 162 valence electrons. The fourth-order valence-electron chi connectivity index (χ4n) is 4.22. The highest BCUT2D eigenvalue weighted by molar-refractivity contribution is 7.91. The van der Waals surface area contributed by atoms with Crippen LogP contribution < -0.4 is 10.4 Å². The predicted molar refractivity (Wildman–Crippen MR) is 111 cm³/mol. The number of aryl methyl sites for hydroxylation is 1. The number of esters is 1. The van der Waals surface area contributed by atoms with Gasteiger partial charge in [0, 0.05) is 17.5 Å². The van der Waals surface area contributed by atoms with Crippen LogP contribution in [0.2, 0.25) is 5.02 Å². The molecule has 0 N–H and O–H groups in total. The first-order valence-corrected chi connectivity index (χ1v) is 11.7. The second-order valence-electron chi connectivity index (χ2n) is 8.10. The summed E-state index contributed by atoms with van der Waals surface area (Å²) in [5.74, 6) is 0.0596. The topological polar surface area (TPSA) is 103 Å². The SMILES string of the molecule is COC(=O)Cc1c(C)c2cc(Cl)c3c(c2oc1=O)CN([C@]1(C)CCS(=O)(=O)C1)CO3. The largest absolute Gasteiger partial charge is 0.476 e. The Bertz CT molecular complexity index is 1220. The first kappa shape index (κ1) is 21.1. The number of benzene rings is 1. The highest BCUT2D eigenvalue weighted by Gasteiger charge is 2.45. The van der Waals surface area contributed by atoms with Crippen LogP contribution in [0.3, 0.4) is 0 Å². The number of hydrogen-bond acceptors (Lipinski definition) is 8. The molecule has 0 aliphatic carbocycles. The maximum atomic E-state index is 12.6. The van der Waals surface area contributed by atoms with Crippen LogP contribution in [0.1, 0.15) is 30.0 Å². The minimum Gasteiger partial charge on any atom is -0.476 e. The van der Waals surface area contributed by atoms with Crippen LogP contribution in [0, 0.1) is 6.92 Å². The van der Waals surface area contributed by atoms with Gasteiger partial charge < -0.3 is 13.9 Å². The van der Waals surface area contributed by atoms with Crippen LogP contribution in [-0.4, -0.2) is 50.2 Å². The molecule has 2 aliphatic heterocycles. The number of ether oxygens (including phenoxy) is 2. The number of methoxy groups -OCH3 is 1. The van der Waals surface area contributed by atoms with Crippen molar-refractivity contribution in [2.24, 2.45) is 0 Å². The number of hydrogen-bond donors (Lipinski definition) is 0. The van der Waals surface area contributed by atoms with Gasteiger partial charge >= 0.3 is 11.6 Å². The second-order valence-corrected chi connectivity index (χ2v) is 10.7. The summed E-state index contributed by atoms with van der Waals surface area (Å²) < 4.78 is 40.3. The molecule has 3 heterocycles. The van der Waals surface area contributed by atoms with Gasteiger partial charge in [0.1, 0.15) is 18.1 Å². The van der Waals surface area contributed by atoms with Crippen molar-refractivity contribution in [2.75, 3.05) is 25.3 Å². The van der Waals surface area contributed by atoms with Gasteiger partial charge in [-0.1, -0.05) is 11.6 Å². The van der Waals surface area contributed by atoms with Gasteiger partial charge in [-0.3, -0.25) is 9.69 Å². The van der Waals surface area contributed by atoms with E-state index >= 15 is 0 Å². The third kappa shape index (κ3) is 3.48. The van der Waals surface area contributed by atoms with Crippen molar-refractivity contribution in [3.05, 3.63) is 38.2 Å². The molecule has 8 nitrogen and oxygen atoms in total. The first-order valence-electron chi connectivity index (χ1n) is 9.47. The van der Waals surface area contributed by atoms with Crippen LogP contribution in [0.4, 0.5) is 0 Å². The molecule has 2 aliphatic rings. The summed E-state index contributed by atoms with van der Waals surface area (Å²) in [6.07, 6.45) is 0.298. The fourth-order valence-corrected chi connectivity index (χ4v) is 6.67. The van der Waals surface area contributed by atoms with Crippen LogP contribution in [-0.2, 0) is 32.3 Å². The Morgan fingerprint density at radius 1 is 1.40 bits per heavy atom. The highest BCUT2D eigenvalue weighted by Crippen LogP contribution is 2.42. The number of halogens is 1. The lowest BCUT2D eigenvalue weighted by molar-refractivity contribution is -0.139. The van der Waals surface area contributed by atoms with Crippen molar-refractivity contribution in [3.63, 3.8) is 0 Å². The van der Waals surface area contributed by atoms with Gasteiger partial charge in [-0.05, 0) is 31.9 Å². The lowest BCUT2D eigenvalue weighted by Crippen LogP contribution is -2.50. The maximum absolute atomic E-state index is 12.6. The lowest BCUT2D eigenvalue weighted by atomic mass is 9.96. The van der Waals surface area contributed by atoms with Gasteiger partial charge in [0.25, 0.3) is 0 Å². The van der Waals surface area contributed by atoms with E-state index in [9.17, 15) is 18.0 Å². The minimum atomic E-state index is -3.10. The molecule has 1 aromatic heterocycles. The molecular weight excluding hydrogens is 434 g/mol. The van der Waals surface area contributed by atoms with E-state index in [1.807, 2.05) is 11.8 Å². The van der Waals surface area contributed by atoms with Crippen LogP contribution >= 0.6 is 11.6 Å². The van der Waals surface area contributed by atoms with Crippen LogP contribution in [0.25, 0.3) is 11.0 Å². The zero-order valence-corrected chi connectivity index (χ0v) is 18.5. The standard InChI is InChI=1S/C20H22ClNO7S/c1-11-12-6-15(21)18-14(17(12)29-19(24)13(11)7-16(23)27-3)8-22(10-28-18)20(2)4-5-30(25,26)9-20/h6H,4-5,7-10H2,1-3H3/t20-/m1/s1. The van der Waals surface area contributed by atoms with Gasteiger partial charge in [0.2, 0.25) is 0 Å². The summed E-state index contributed by atoms with van der Waals surface area (Å²) in [6, 6.07) is 1.66. The third-order valence-electron chi connectivity index (χ3n) is 6.09. The summed E-state index contributed by atoms with van der Waals surface area (Å²) in [5, 5.41) is 0.967. The molecule has 0 spiro atoms. The number of carbonyl (C=O) groups excluding carboxylic acids is 1. The molecule has 2 aromatic rings. The average molecular weight is 456 g/mol. The molecule has 0 bridgehead atoms. The van der Waals surface area contributed by atoms with E-state index < -0.39 is 27.0 Å². The molecule has 0 radical (unpaired) electrons. The molecule has 1 aromatic carbocycles. The molecule has 0 saturated carbocycles. The first-order chi connectivity index (χ1) is 14.0. The quantitative estimate of drug-likeness (QED) is 0.512. The highest BCUT2D eigenvalue weighted by atomic mass is 35.5. The van der Waals surface area contributed by atoms with Crippen molar-refractivity contribution in [1.82, 2.24) is 4.90 Å². The van der Waals surface area contributed by atoms with Gasteiger partial charge in [-0.15, -0.1) is 0 Å². The summed E-state index contributed by atoms with van der Waals surface area (Å²) >= 11 is 6.45. The smallest absolute Gasteiger partial charge is 0.340 e. The molecule has 4 rings (SSSR count). The predicted octanol–water partition coefficient (Wildman–Crippen LogP) is 2.20. The fraction of sp³-hybridized carbons (Fsp3) is 0.500. The van der Waals surface area contributed by atoms with Gasteiger partial charge in [0.05, 0.1) is 41.2 Å². The van der Waals surface area contributed by atoms with Crippen molar-refractivity contribution < 1.29 is 27.1 Å². The van der Waals surface area contributed by atoms with E-state index in [0.717, 1.165) is 0 Å². The zero-order chi connectivity index (χ0) is 21.8. The normalized spacial score (nSPS) is 23.2. The Hall–Kier alpha value is -2.10. The van der Waals surface area contributed by atoms with E-state index in [2.05, 4.69) is 4.74 Å². The molecule has 10 heteroatoms. The molecule has 30 heavy (non-hydrogen) atoms. The van der Waals surface area contributed by atoms with E-state index in [-0.39, 0.29) is 30.2 Å². The number of sulfone groups is 1. The van der Waals surface area contributed by atoms with E-state index in [1.54, 1.807) is 13.0 Å². The molecule has 1 fully saturated rings. The van der Waals surface area contributed by atoms with Crippen molar-refractivity contribution >= 4 is 38.4 Å². The summed E-state index contributed by atoms with van der Waals surface area (Å²) in [6.45, 7) is 4.14. The maximum Gasteiger partial charge on any atom is 0.340 e. The average Bonchev–Trinajstić information content (AvgIpc) is 2.99. The zero-order valence-electron chi connectivity index (χ0n) is 16.9. The number of carbonyl (C=O) groups is 1. The second kappa shape index (κ2) is 7.25. The Morgan fingerprint density at radius 3 is 2.77 bits per heavy atom. The molecule has 1 atom stereocenters. The van der Waals surface area contributed by atoms with E-state index in [0.29, 0.717) is 45.8 Å². The monoisotopic (exact) mass is 455 g/mol. The van der Waals surface area contributed by atoms with Crippen molar-refractivity contribution in [1.29, 1.82) is 0 Å². The van der Waals surface area contributed by atoms with Crippen molar-refractivity contribution in [3.8, 4) is 5.75 Å². The van der Waals surface area contributed by atoms with Gasteiger partial charge in [-0.25, -0.2) is 13.2 Å². The van der Waals surface area contributed by atoms with Crippen LogP contribution in [0.5, 0.6) is 5.75 Å².